The average Bonchev–Trinajstić information content (AvgIpc) is 2.42. The largest absolute Gasteiger partial charge is 0.349 e. The molecule has 1 N–H and O–H groups in total. The first-order chi connectivity index (χ1) is 9.13. The van der Waals surface area contributed by atoms with E-state index < -0.39 is 0 Å². The van der Waals surface area contributed by atoms with Gasteiger partial charge in [-0.2, -0.15) is 0 Å². The number of hydrogen-bond donors (Lipinski definition) is 1. The minimum atomic E-state index is 0.0446. The highest BCUT2D eigenvalue weighted by molar-refractivity contribution is 6.18. The van der Waals surface area contributed by atoms with Crippen LogP contribution in [-0.4, -0.2) is 17.8 Å². The summed E-state index contributed by atoms with van der Waals surface area (Å²) in [5.41, 5.74) is 3.02. The molecule has 1 aromatic rings. The molecular formula is C16H22ClNO. The highest BCUT2D eigenvalue weighted by atomic mass is 35.5. The second kappa shape index (κ2) is 6.42. The minimum Gasteiger partial charge on any atom is -0.349 e. The fourth-order valence-electron chi connectivity index (χ4n) is 2.83. The van der Waals surface area contributed by atoms with E-state index >= 15 is 0 Å². The van der Waals surface area contributed by atoms with Gasteiger partial charge in [-0.15, -0.1) is 11.6 Å². The Morgan fingerprint density at radius 1 is 1.32 bits per heavy atom. The maximum atomic E-state index is 12.4. The molecule has 1 amide bonds. The van der Waals surface area contributed by atoms with Gasteiger partial charge in [0.15, 0.2) is 0 Å². The van der Waals surface area contributed by atoms with Crippen molar-refractivity contribution in [2.75, 3.05) is 5.88 Å². The molecule has 1 aromatic carbocycles. The summed E-state index contributed by atoms with van der Waals surface area (Å²) in [6.07, 6.45) is 4.59. The van der Waals surface area contributed by atoms with Crippen LogP contribution in [0.1, 0.15) is 47.2 Å². The molecule has 2 unspecified atom stereocenters. The Hall–Kier alpha value is -1.02. The Kier molecular flexibility index (Phi) is 4.87. The van der Waals surface area contributed by atoms with Crippen molar-refractivity contribution in [2.24, 2.45) is 5.92 Å². The Balaban J connectivity index is 2.09. The zero-order valence-corrected chi connectivity index (χ0v) is 12.5. The minimum absolute atomic E-state index is 0.0446. The summed E-state index contributed by atoms with van der Waals surface area (Å²) in [5, 5.41) is 3.18. The molecule has 3 heteroatoms. The van der Waals surface area contributed by atoms with Crippen LogP contribution in [0, 0.1) is 19.8 Å². The first-order valence-electron chi connectivity index (χ1n) is 7.06. The zero-order valence-electron chi connectivity index (χ0n) is 11.7. The third-order valence-electron chi connectivity index (χ3n) is 4.27. The second-order valence-electron chi connectivity index (χ2n) is 5.53. The van der Waals surface area contributed by atoms with Crippen LogP contribution < -0.4 is 5.32 Å². The number of carbonyl (C=O) groups is 1. The van der Waals surface area contributed by atoms with Gasteiger partial charge >= 0.3 is 0 Å². The van der Waals surface area contributed by atoms with Crippen LogP contribution in [0.4, 0.5) is 0 Å². The number of nitrogens with one attached hydrogen (secondary N) is 1. The summed E-state index contributed by atoms with van der Waals surface area (Å²) in [6.45, 7) is 4.04. The van der Waals surface area contributed by atoms with Crippen LogP contribution in [0.2, 0.25) is 0 Å². The molecule has 2 atom stereocenters. The molecule has 104 valence electrons. The van der Waals surface area contributed by atoms with Crippen LogP contribution >= 0.6 is 11.6 Å². The average molecular weight is 280 g/mol. The molecule has 0 aromatic heterocycles. The number of halogens is 1. The van der Waals surface area contributed by atoms with Crippen molar-refractivity contribution in [3.8, 4) is 0 Å². The van der Waals surface area contributed by atoms with Crippen molar-refractivity contribution in [1.82, 2.24) is 5.32 Å². The molecule has 2 nitrogen and oxygen atoms in total. The van der Waals surface area contributed by atoms with Gasteiger partial charge in [-0.25, -0.2) is 0 Å². The van der Waals surface area contributed by atoms with Gasteiger partial charge < -0.3 is 5.32 Å². The highest BCUT2D eigenvalue weighted by Crippen LogP contribution is 2.26. The number of benzene rings is 1. The Morgan fingerprint density at radius 2 is 2.05 bits per heavy atom. The van der Waals surface area contributed by atoms with E-state index in [1.807, 2.05) is 32.0 Å². The van der Waals surface area contributed by atoms with E-state index in [9.17, 15) is 4.79 Å². The lowest BCUT2D eigenvalue weighted by molar-refractivity contribution is 0.0910. The number of aryl methyl sites for hydroxylation is 1. The fraction of sp³-hybridized carbons (Fsp3) is 0.562. The molecule has 1 aliphatic rings. The van der Waals surface area contributed by atoms with Crippen molar-refractivity contribution >= 4 is 17.5 Å². The zero-order chi connectivity index (χ0) is 13.8. The molecule has 0 saturated heterocycles. The van der Waals surface area contributed by atoms with Crippen molar-refractivity contribution in [1.29, 1.82) is 0 Å². The lowest BCUT2D eigenvalue weighted by Gasteiger charge is -2.31. The molecule has 0 bridgehead atoms. The summed E-state index contributed by atoms with van der Waals surface area (Å²) >= 11 is 6.01. The molecule has 1 saturated carbocycles. The number of rotatable bonds is 3. The lowest BCUT2D eigenvalue weighted by atomic mass is 9.85. The van der Waals surface area contributed by atoms with Gasteiger partial charge in [0, 0.05) is 17.5 Å². The van der Waals surface area contributed by atoms with Gasteiger partial charge in [0.1, 0.15) is 0 Å². The van der Waals surface area contributed by atoms with E-state index in [1.54, 1.807) is 0 Å². The number of amides is 1. The summed E-state index contributed by atoms with van der Waals surface area (Å²) in [4.78, 5) is 12.4. The van der Waals surface area contributed by atoms with E-state index in [4.69, 9.17) is 11.6 Å². The summed E-state index contributed by atoms with van der Waals surface area (Å²) in [6, 6.07) is 6.11. The number of alkyl halides is 1. The van der Waals surface area contributed by atoms with Crippen LogP contribution in [0.5, 0.6) is 0 Å². The first-order valence-corrected chi connectivity index (χ1v) is 7.60. The second-order valence-corrected chi connectivity index (χ2v) is 5.83. The maximum absolute atomic E-state index is 12.4. The number of hydrogen-bond acceptors (Lipinski definition) is 1. The standard InChI is InChI=1S/C16H22ClNO/c1-11-6-5-8-14(12(11)2)16(19)18-15-9-4-3-7-13(15)10-17/h5-6,8,13,15H,3-4,7,9-10H2,1-2H3,(H,18,19). The van der Waals surface area contributed by atoms with E-state index in [1.165, 1.54) is 12.8 Å². The molecule has 0 aliphatic heterocycles. The molecule has 1 fully saturated rings. The van der Waals surface area contributed by atoms with Gasteiger partial charge in [-0.1, -0.05) is 25.0 Å². The smallest absolute Gasteiger partial charge is 0.251 e. The monoisotopic (exact) mass is 279 g/mol. The highest BCUT2D eigenvalue weighted by Gasteiger charge is 2.26. The topological polar surface area (TPSA) is 29.1 Å². The molecule has 0 heterocycles. The van der Waals surface area contributed by atoms with Gasteiger partial charge in [0.25, 0.3) is 5.91 Å². The Morgan fingerprint density at radius 3 is 2.79 bits per heavy atom. The first kappa shape index (κ1) is 14.4. The summed E-state index contributed by atoms with van der Waals surface area (Å²) in [5.74, 6) is 1.10. The van der Waals surface area contributed by atoms with Crippen molar-refractivity contribution < 1.29 is 4.79 Å². The summed E-state index contributed by atoms with van der Waals surface area (Å²) in [7, 11) is 0. The van der Waals surface area contributed by atoms with Crippen molar-refractivity contribution in [3.63, 3.8) is 0 Å². The van der Waals surface area contributed by atoms with Crippen LogP contribution in [0.15, 0.2) is 18.2 Å². The predicted octanol–water partition coefficient (Wildman–Crippen LogP) is 3.83. The fourth-order valence-corrected chi connectivity index (χ4v) is 3.19. The molecule has 19 heavy (non-hydrogen) atoms. The summed E-state index contributed by atoms with van der Waals surface area (Å²) < 4.78 is 0. The lowest BCUT2D eigenvalue weighted by Crippen LogP contribution is -2.43. The van der Waals surface area contributed by atoms with Crippen LogP contribution in [0.25, 0.3) is 0 Å². The molecule has 1 aliphatic carbocycles. The van der Waals surface area contributed by atoms with Gasteiger partial charge in [0.05, 0.1) is 0 Å². The number of carbonyl (C=O) groups excluding carboxylic acids is 1. The van der Waals surface area contributed by atoms with Crippen molar-refractivity contribution in [2.45, 2.75) is 45.6 Å². The van der Waals surface area contributed by atoms with Gasteiger partial charge in [-0.3, -0.25) is 4.79 Å². The Bertz CT molecular complexity index is 458. The van der Waals surface area contributed by atoms with Crippen molar-refractivity contribution in [3.05, 3.63) is 34.9 Å². The molecular weight excluding hydrogens is 258 g/mol. The van der Waals surface area contributed by atoms with Crippen LogP contribution in [-0.2, 0) is 0 Å². The predicted molar refractivity (Wildman–Crippen MR) is 79.8 cm³/mol. The molecule has 0 radical (unpaired) electrons. The SMILES string of the molecule is Cc1cccc(C(=O)NC2CCCCC2CCl)c1C. The van der Waals surface area contributed by atoms with Crippen LogP contribution in [0.3, 0.4) is 0 Å². The third-order valence-corrected chi connectivity index (χ3v) is 4.67. The third kappa shape index (κ3) is 3.30. The van der Waals surface area contributed by atoms with E-state index in [0.29, 0.717) is 11.8 Å². The maximum Gasteiger partial charge on any atom is 0.251 e. The Labute approximate surface area is 120 Å². The normalized spacial score (nSPS) is 23.1. The van der Waals surface area contributed by atoms with Gasteiger partial charge in [0.2, 0.25) is 0 Å². The van der Waals surface area contributed by atoms with Gasteiger partial charge in [-0.05, 0) is 49.8 Å². The molecule has 0 spiro atoms. The van der Waals surface area contributed by atoms with E-state index in [2.05, 4.69) is 5.32 Å². The van der Waals surface area contributed by atoms with E-state index in [0.717, 1.165) is 29.5 Å². The van der Waals surface area contributed by atoms with E-state index in [-0.39, 0.29) is 11.9 Å². The molecule has 2 rings (SSSR count). The quantitative estimate of drug-likeness (QED) is 0.837.